The average Bonchev–Trinajstić information content (AvgIpc) is 3.18. The topological polar surface area (TPSA) is 83.8 Å². The third kappa shape index (κ3) is 4.10. The highest BCUT2D eigenvalue weighted by Gasteiger charge is 2.09. The molecule has 1 aromatic carbocycles. The second-order valence-corrected chi connectivity index (χ2v) is 5.99. The summed E-state index contributed by atoms with van der Waals surface area (Å²) in [5, 5.41) is 6.68. The van der Waals surface area contributed by atoms with E-state index in [1.165, 1.54) is 22.3 Å². The van der Waals surface area contributed by atoms with E-state index in [1.54, 1.807) is 5.38 Å². The summed E-state index contributed by atoms with van der Waals surface area (Å²) in [6, 6.07) is 8.24. The summed E-state index contributed by atoms with van der Waals surface area (Å²) in [6.45, 7) is 1.01. The van der Waals surface area contributed by atoms with E-state index in [2.05, 4.69) is 27.4 Å². The van der Waals surface area contributed by atoms with E-state index < -0.39 is 0 Å². The van der Waals surface area contributed by atoms with Crippen LogP contribution in [0.5, 0.6) is 0 Å². The van der Waals surface area contributed by atoms with Crippen LogP contribution in [-0.4, -0.2) is 22.4 Å². The van der Waals surface area contributed by atoms with Crippen LogP contribution in [0.1, 0.15) is 27.5 Å². The van der Waals surface area contributed by atoms with Crippen LogP contribution >= 0.6 is 23.7 Å². The van der Waals surface area contributed by atoms with Crippen molar-refractivity contribution in [1.82, 2.24) is 15.3 Å². The zero-order valence-electron chi connectivity index (χ0n) is 12.5. The predicted octanol–water partition coefficient (Wildman–Crippen LogP) is 2.87. The van der Waals surface area contributed by atoms with Gasteiger partial charge in [0.25, 0.3) is 5.91 Å². The highest BCUT2D eigenvalue weighted by Crippen LogP contribution is 2.18. The number of H-pyrrole nitrogens is 1. The molecule has 7 heteroatoms. The van der Waals surface area contributed by atoms with Crippen LogP contribution in [0.15, 0.2) is 35.8 Å². The SMILES string of the molecule is Cl.NCc1nc(C(=O)NCCCc2c[nH]c3ccccc23)cs1. The summed E-state index contributed by atoms with van der Waals surface area (Å²) in [5.41, 5.74) is 8.39. The van der Waals surface area contributed by atoms with Crippen molar-refractivity contribution in [3.63, 3.8) is 0 Å². The molecular formula is C16H19ClN4OS. The molecule has 4 N–H and O–H groups in total. The van der Waals surface area contributed by atoms with Crippen LogP contribution in [-0.2, 0) is 13.0 Å². The average molecular weight is 351 g/mol. The molecule has 3 rings (SSSR count). The fourth-order valence-electron chi connectivity index (χ4n) is 2.42. The Labute approximate surface area is 144 Å². The molecule has 0 atom stereocenters. The quantitative estimate of drug-likeness (QED) is 0.598. The second kappa shape index (κ2) is 8.10. The molecule has 23 heavy (non-hydrogen) atoms. The molecular weight excluding hydrogens is 332 g/mol. The Morgan fingerprint density at radius 3 is 2.96 bits per heavy atom. The number of carbonyl (C=O) groups is 1. The monoisotopic (exact) mass is 350 g/mol. The number of para-hydroxylation sites is 1. The molecule has 2 heterocycles. The van der Waals surface area contributed by atoms with E-state index in [9.17, 15) is 4.79 Å². The molecule has 1 amide bonds. The minimum Gasteiger partial charge on any atom is -0.361 e. The molecule has 2 aromatic heterocycles. The minimum absolute atomic E-state index is 0. The molecule has 0 fully saturated rings. The Bertz CT molecular complexity index is 783. The molecule has 3 aromatic rings. The van der Waals surface area contributed by atoms with Gasteiger partial charge in [-0.15, -0.1) is 23.7 Å². The van der Waals surface area contributed by atoms with Crippen molar-refractivity contribution >= 4 is 40.6 Å². The maximum absolute atomic E-state index is 11.9. The van der Waals surface area contributed by atoms with Crippen LogP contribution in [0.25, 0.3) is 10.9 Å². The number of amides is 1. The lowest BCUT2D eigenvalue weighted by Crippen LogP contribution is -2.25. The van der Waals surface area contributed by atoms with Gasteiger partial charge in [-0.3, -0.25) is 4.79 Å². The van der Waals surface area contributed by atoms with E-state index in [4.69, 9.17) is 5.73 Å². The van der Waals surface area contributed by atoms with Crippen LogP contribution in [0.2, 0.25) is 0 Å². The normalized spacial score (nSPS) is 10.5. The molecule has 122 valence electrons. The van der Waals surface area contributed by atoms with Crippen molar-refractivity contribution in [2.75, 3.05) is 6.54 Å². The number of hydrogen-bond donors (Lipinski definition) is 3. The number of carbonyl (C=O) groups excluding carboxylic acids is 1. The number of nitrogens with two attached hydrogens (primary N) is 1. The molecule has 0 radical (unpaired) electrons. The number of aromatic amines is 1. The van der Waals surface area contributed by atoms with Gasteiger partial charge < -0.3 is 16.0 Å². The van der Waals surface area contributed by atoms with Crippen molar-refractivity contribution in [1.29, 1.82) is 0 Å². The van der Waals surface area contributed by atoms with E-state index in [1.807, 2.05) is 18.3 Å². The number of benzene rings is 1. The van der Waals surface area contributed by atoms with Gasteiger partial charge in [0.1, 0.15) is 10.7 Å². The van der Waals surface area contributed by atoms with Gasteiger partial charge in [0.15, 0.2) is 0 Å². The Kier molecular flexibility index (Phi) is 6.15. The smallest absolute Gasteiger partial charge is 0.270 e. The number of halogens is 1. The Morgan fingerprint density at radius 1 is 1.35 bits per heavy atom. The highest BCUT2D eigenvalue weighted by atomic mass is 35.5. The molecule has 0 spiro atoms. The zero-order valence-corrected chi connectivity index (χ0v) is 14.2. The first-order chi connectivity index (χ1) is 10.8. The van der Waals surface area contributed by atoms with Gasteiger partial charge in [-0.05, 0) is 24.5 Å². The molecule has 0 aliphatic rings. The number of thiazole rings is 1. The molecule has 0 saturated heterocycles. The lowest BCUT2D eigenvalue weighted by Gasteiger charge is -2.03. The number of nitrogens with zero attached hydrogens (tertiary/aromatic N) is 1. The third-order valence-electron chi connectivity index (χ3n) is 3.54. The van der Waals surface area contributed by atoms with Gasteiger partial charge in [0, 0.05) is 35.6 Å². The van der Waals surface area contributed by atoms with Gasteiger partial charge >= 0.3 is 0 Å². The summed E-state index contributed by atoms with van der Waals surface area (Å²) in [4.78, 5) is 19.4. The standard InChI is InChI=1S/C16H18N4OS.ClH/c17-8-15-20-14(10-22-15)16(21)18-7-3-4-11-9-19-13-6-2-1-5-12(11)13;/h1-2,5-6,9-10,19H,3-4,7-8,17H2,(H,18,21);1H. The number of aromatic nitrogens is 2. The Morgan fingerprint density at radius 2 is 2.17 bits per heavy atom. The minimum atomic E-state index is -0.130. The van der Waals surface area contributed by atoms with Crippen molar-refractivity contribution in [2.24, 2.45) is 5.73 Å². The first kappa shape index (κ1) is 17.5. The molecule has 5 nitrogen and oxygen atoms in total. The summed E-state index contributed by atoms with van der Waals surface area (Å²) >= 11 is 1.42. The molecule has 0 bridgehead atoms. The lowest BCUT2D eigenvalue weighted by molar-refractivity contribution is 0.0949. The van der Waals surface area contributed by atoms with E-state index in [-0.39, 0.29) is 18.3 Å². The number of nitrogens with one attached hydrogen (secondary N) is 2. The third-order valence-corrected chi connectivity index (χ3v) is 4.41. The number of fused-ring (bicyclic) bond motifs is 1. The zero-order chi connectivity index (χ0) is 15.4. The molecule has 0 aliphatic carbocycles. The van der Waals surface area contributed by atoms with Gasteiger partial charge in [0.2, 0.25) is 0 Å². The maximum atomic E-state index is 11.9. The van der Waals surface area contributed by atoms with Gasteiger partial charge in [-0.2, -0.15) is 0 Å². The highest BCUT2D eigenvalue weighted by molar-refractivity contribution is 7.09. The van der Waals surface area contributed by atoms with Crippen LogP contribution in [0.4, 0.5) is 0 Å². The largest absolute Gasteiger partial charge is 0.361 e. The molecule has 0 aliphatic heterocycles. The van der Waals surface area contributed by atoms with Crippen LogP contribution in [0, 0.1) is 0 Å². The predicted molar refractivity (Wildman–Crippen MR) is 96.2 cm³/mol. The van der Waals surface area contributed by atoms with E-state index in [0.29, 0.717) is 18.8 Å². The Balaban J connectivity index is 0.00000192. The van der Waals surface area contributed by atoms with Crippen molar-refractivity contribution in [3.05, 3.63) is 52.1 Å². The summed E-state index contributed by atoms with van der Waals surface area (Å²) in [7, 11) is 0. The fourth-order valence-corrected chi connectivity index (χ4v) is 3.07. The maximum Gasteiger partial charge on any atom is 0.270 e. The van der Waals surface area contributed by atoms with E-state index in [0.717, 1.165) is 23.4 Å². The fraction of sp³-hybridized carbons (Fsp3) is 0.250. The lowest BCUT2D eigenvalue weighted by atomic mass is 10.1. The van der Waals surface area contributed by atoms with E-state index >= 15 is 0 Å². The molecule has 0 saturated carbocycles. The molecule has 0 unspecified atom stereocenters. The summed E-state index contributed by atoms with van der Waals surface area (Å²) in [6.07, 6.45) is 3.86. The second-order valence-electron chi connectivity index (χ2n) is 5.05. The number of hydrogen-bond acceptors (Lipinski definition) is 4. The first-order valence-electron chi connectivity index (χ1n) is 7.25. The van der Waals surface area contributed by atoms with Crippen LogP contribution in [0.3, 0.4) is 0 Å². The number of rotatable bonds is 6. The number of aryl methyl sites for hydroxylation is 1. The first-order valence-corrected chi connectivity index (χ1v) is 8.13. The van der Waals surface area contributed by atoms with Gasteiger partial charge in [-0.1, -0.05) is 18.2 Å². The van der Waals surface area contributed by atoms with Crippen molar-refractivity contribution < 1.29 is 4.79 Å². The van der Waals surface area contributed by atoms with Crippen LogP contribution < -0.4 is 11.1 Å². The summed E-state index contributed by atoms with van der Waals surface area (Å²) in [5.74, 6) is -0.130. The van der Waals surface area contributed by atoms with Gasteiger partial charge in [-0.25, -0.2) is 4.98 Å². The van der Waals surface area contributed by atoms with Crippen molar-refractivity contribution in [2.45, 2.75) is 19.4 Å². The Hall–Kier alpha value is -1.89. The summed E-state index contributed by atoms with van der Waals surface area (Å²) < 4.78 is 0. The van der Waals surface area contributed by atoms with Crippen molar-refractivity contribution in [3.8, 4) is 0 Å². The van der Waals surface area contributed by atoms with Gasteiger partial charge in [0.05, 0.1) is 0 Å².